The Morgan fingerprint density at radius 2 is 1.33 bits per heavy atom. The van der Waals surface area contributed by atoms with Crippen LogP contribution in [0.15, 0.2) is 60.7 Å². The summed E-state index contributed by atoms with van der Waals surface area (Å²) in [5.41, 5.74) is 10.3. The molecule has 3 atom stereocenters. The van der Waals surface area contributed by atoms with Crippen LogP contribution in [-0.4, -0.2) is 14.2 Å². The monoisotopic (exact) mass is 580 g/mol. The molecule has 0 radical (unpaired) electrons. The molecular formula is C26H39ClN2O2RuS. The molecule has 0 aromatic heterocycles. The van der Waals surface area contributed by atoms with Gasteiger partial charge >= 0.3 is 27.0 Å². The van der Waals surface area contributed by atoms with Gasteiger partial charge in [-0.3, -0.25) is 0 Å². The van der Waals surface area contributed by atoms with E-state index < -0.39 is 22.1 Å². The van der Waals surface area contributed by atoms with Crippen LogP contribution >= 0.6 is 9.69 Å². The van der Waals surface area contributed by atoms with E-state index in [9.17, 15) is 8.42 Å². The second-order valence-corrected chi connectivity index (χ2v) is 10.8. The van der Waals surface area contributed by atoms with Crippen LogP contribution in [0.3, 0.4) is 0 Å². The molecule has 0 spiro atoms. The van der Waals surface area contributed by atoms with E-state index in [1.165, 1.54) is 0 Å². The van der Waals surface area contributed by atoms with E-state index in [0.717, 1.165) is 30.4 Å². The summed E-state index contributed by atoms with van der Waals surface area (Å²) in [5, 5.41) is 0. The Morgan fingerprint density at radius 3 is 1.79 bits per heavy atom. The first-order valence-electron chi connectivity index (χ1n) is 11.1. The second kappa shape index (κ2) is 16.8. The summed E-state index contributed by atoms with van der Waals surface area (Å²) in [6, 6.07) is 17.2. The summed E-state index contributed by atoms with van der Waals surface area (Å²) >= 11 is 1.82. The van der Waals surface area contributed by atoms with Crippen LogP contribution in [0.2, 0.25) is 0 Å². The Bertz CT molecular complexity index is 849. The molecule has 2 rings (SSSR count). The maximum atomic E-state index is 13.1. The molecule has 3 unspecified atom stereocenters. The summed E-state index contributed by atoms with van der Waals surface area (Å²) in [7, 11) is 0.899. The summed E-state index contributed by atoms with van der Waals surface area (Å²) in [5.74, 6) is 1.14. The van der Waals surface area contributed by atoms with Gasteiger partial charge in [-0.2, -0.15) is 0 Å². The molecule has 0 saturated carbocycles. The molecule has 0 aliphatic rings. The first-order valence-corrected chi connectivity index (χ1v) is 14.9. The predicted octanol–water partition coefficient (Wildman–Crippen LogP) is 8.46. The van der Waals surface area contributed by atoms with Gasteiger partial charge < -0.3 is 17.9 Å². The quantitative estimate of drug-likeness (QED) is 0.187. The zero-order valence-corrected chi connectivity index (χ0v) is 23.7. The molecule has 4 nitrogen and oxygen atoms in total. The average molecular weight is 580 g/mol. The van der Waals surface area contributed by atoms with Crippen LogP contribution < -0.4 is 0 Å². The van der Waals surface area contributed by atoms with Crippen LogP contribution in [-0.2, 0) is 27.3 Å². The van der Waals surface area contributed by atoms with Crippen molar-refractivity contribution in [2.45, 2.75) is 59.0 Å². The Labute approximate surface area is 216 Å². The van der Waals surface area contributed by atoms with Crippen molar-refractivity contribution in [3.63, 3.8) is 0 Å². The second-order valence-electron chi connectivity index (χ2n) is 9.06. The molecule has 33 heavy (non-hydrogen) atoms. The van der Waals surface area contributed by atoms with Gasteiger partial charge in [0.1, 0.15) is 0 Å². The summed E-state index contributed by atoms with van der Waals surface area (Å²) in [6.07, 6.45) is 2.78. The molecule has 0 amide bonds. The molecule has 0 aliphatic carbocycles. The Kier molecular flexibility index (Phi) is 16.4. The zero-order chi connectivity index (χ0) is 24.1. The van der Waals surface area contributed by atoms with E-state index in [0.29, 0.717) is 11.8 Å². The fourth-order valence-electron chi connectivity index (χ4n) is 3.83. The van der Waals surface area contributed by atoms with Gasteiger partial charge in [-0.15, -0.1) is 12.1 Å². The van der Waals surface area contributed by atoms with Gasteiger partial charge in [0.25, 0.3) is 0 Å². The van der Waals surface area contributed by atoms with Gasteiger partial charge in [-0.05, 0) is 30.6 Å². The Morgan fingerprint density at radius 1 is 0.848 bits per heavy atom. The number of nitrogens with zero attached hydrogens (tertiary/aromatic N) is 1. The van der Waals surface area contributed by atoms with Gasteiger partial charge in [-0.1, -0.05) is 106 Å². The van der Waals surface area contributed by atoms with Crippen molar-refractivity contribution >= 4 is 19.7 Å². The number of sulfonamides is 1. The number of hydrogen-bond donors (Lipinski definition) is 0. The standard InChI is InChI=1S/C25H36N2O2S.CH3.ClH.Ru/c1-19(2)15-16-21(17-20(3)4)18-30(28,29)27-25(23-13-9-6-10-14-23)24(26)22-11-7-5-8-12-22;;;/h5-14,19-21,24-26H,15-18H2,1-4H3;1H3;1H;/q-2;-1;;+4/p-1. The molecule has 1 N–H and O–H groups in total. The van der Waals surface area contributed by atoms with Gasteiger partial charge in [0, 0.05) is 5.75 Å². The first-order chi connectivity index (χ1) is 15.2. The van der Waals surface area contributed by atoms with Gasteiger partial charge in [0.15, 0.2) is 0 Å². The van der Waals surface area contributed by atoms with Crippen LogP contribution in [0.4, 0.5) is 0 Å². The van der Waals surface area contributed by atoms with Gasteiger partial charge in [0.05, 0.1) is 10.0 Å². The van der Waals surface area contributed by atoms with E-state index in [1.54, 1.807) is 0 Å². The topological polar surface area (TPSA) is 72.0 Å². The third-order valence-corrected chi connectivity index (χ3v) is 6.73. The normalized spacial score (nSPS) is 14.1. The number of hydrogen-bond acceptors (Lipinski definition) is 2. The molecule has 7 heteroatoms. The number of halogens is 1. The van der Waals surface area contributed by atoms with Crippen LogP contribution in [0.25, 0.3) is 10.5 Å². The molecule has 2 aromatic rings. The summed E-state index contributed by atoms with van der Waals surface area (Å²) in [6.45, 7) is 8.60. The zero-order valence-electron chi connectivity index (χ0n) is 20.4. The molecule has 0 fully saturated rings. The van der Waals surface area contributed by atoms with E-state index >= 15 is 0 Å². The maximum absolute atomic E-state index is 13.1. The molecular weight excluding hydrogens is 541 g/mol. The molecule has 0 bridgehead atoms. The van der Waals surface area contributed by atoms with Crippen LogP contribution in [0.1, 0.15) is 70.2 Å². The predicted molar refractivity (Wildman–Crippen MR) is 139 cm³/mol. The Balaban J connectivity index is 0.00000332. The number of rotatable bonds is 12. The minimum absolute atomic E-state index is 0. The van der Waals surface area contributed by atoms with E-state index in [1.807, 2.05) is 78.0 Å². The minimum atomic E-state index is -3.67. The summed E-state index contributed by atoms with van der Waals surface area (Å²) < 4.78 is 30.6. The Hall–Kier alpha value is -0.777. The first kappa shape index (κ1) is 32.2. The van der Waals surface area contributed by atoms with E-state index in [-0.39, 0.29) is 19.1 Å². The molecule has 0 heterocycles. The molecule has 186 valence electrons. The fourth-order valence-corrected chi connectivity index (χ4v) is 5.40. The molecule has 2 aromatic carbocycles. The third-order valence-electron chi connectivity index (χ3n) is 5.29. The van der Waals surface area contributed by atoms with Crippen LogP contribution in [0, 0.1) is 25.2 Å². The molecule has 0 aliphatic heterocycles. The number of benzene rings is 2. The van der Waals surface area contributed by atoms with Gasteiger partial charge in [-0.25, -0.2) is 8.42 Å². The van der Waals surface area contributed by atoms with Crippen molar-refractivity contribution in [1.82, 2.24) is 0 Å². The van der Waals surface area contributed by atoms with Crippen molar-refractivity contribution in [2.24, 2.45) is 17.8 Å². The average Bonchev–Trinajstić information content (AvgIpc) is 2.77. The van der Waals surface area contributed by atoms with Gasteiger partial charge in [0.2, 0.25) is 0 Å². The SMILES string of the molecule is CC(C)CCC(CC(C)C)CS(=O)(=O)[N-]C(c1ccccc1)C([NH-])c1ccccc1.[CH3-].[Cl][Ru+3]. The number of nitrogens with one attached hydrogen (secondary N) is 1. The fraction of sp³-hybridized carbons (Fsp3) is 0.500. The van der Waals surface area contributed by atoms with Crippen molar-refractivity contribution < 1.29 is 25.7 Å². The van der Waals surface area contributed by atoms with Crippen molar-refractivity contribution in [3.05, 3.63) is 89.7 Å². The van der Waals surface area contributed by atoms with E-state index in [2.05, 4.69) is 42.1 Å². The molecule has 0 saturated heterocycles. The van der Waals surface area contributed by atoms with Crippen molar-refractivity contribution in [3.8, 4) is 0 Å². The summed E-state index contributed by atoms with van der Waals surface area (Å²) in [4.78, 5) is 0. The van der Waals surface area contributed by atoms with Crippen molar-refractivity contribution in [1.29, 1.82) is 0 Å². The third kappa shape index (κ3) is 12.5. The van der Waals surface area contributed by atoms with Crippen molar-refractivity contribution in [2.75, 3.05) is 5.75 Å². The van der Waals surface area contributed by atoms with Crippen LogP contribution in [0.5, 0.6) is 0 Å². The van der Waals surface area contributed by atoms with E-state index in [4.69, 9.17) is 5.73 Å².